The minimum absolute atomic E-state index is 0.0503. The lowest BCUT2D eigenvalue weighted by molar-refractivity contribution is -0.140. The zero-order valence-electron chi connectivity index (χ0n) is 15.0. The number of aliphatic hydroxyl groups is 2. The molecule has 0 bridgehead atoms. The molecule has 27 heavy (non-hydrogen) atoms. The van der Waals surface area contributed by atoms with Crippen LogP contribution in [0.25, 0.3) is 5.76 Å². The van der Waals surface area contributed by atoms with Crippen molar-refractivity contribution in [2.24, 2.45) is 0 Å². The van der Waals surface area contributed by atoms with Crippen LogP contribution < -0.4 is 4.74 Å². The van der Waals surface area contributed by atoms with Crippen LogP contribution in [0.15, 0.2) is 60.2 Å². The summed E-state index contributed by atoms with van der Waals surface area (Å²) in [6.45, 7) is 0.111. The molecule has 0 spiro atoms. The van der Waals surface area contributed by atoms with Gasteiger partial charge in [-0.1, -0.05) is 42.5 Å². The van der Waals surface area contributed by atoms with Gasteiger partial charge >= 0.3 is 0 Å². The van der Waals surface area contributed by atoms with Crippen LogP contribution in [0.1, 0.15) is 23.6 Å². The highest BCUT2D eigenvalue weighted by Gasteiger charge is 2.45. The molecule has 1 aliphatic heterocycles. The summed E-state index contributed by atoms with van der Waals surface area (Å²) in [6, 6.07) is 15.0. The monoisotopic (exact) mass is 367 g/mol. The van der Waals surface area contributed by atoms with E-state index in [2.05, 4.69) is 0 Å². The molecule has 3 rings (SSSR count). The third-order valence-corrected chi connectivity index (χ3v) is 4.58. The van der Waals surface area contributed by atoms with E-state index in [1.54, 1.807) is 61.7 Å². The first-order chi connectivity index (χ1) is 13.1. The van der Waals surface area contributed by atoms with Gasteiger partial charge in [0.05, 0.1) is 18.7 Å². The topological polar surface area (TPSA) is 87.1 Å². The summed E-state index contributed by atoms with van der Waals surface area (Å²) in [5.41, 5.74) is 1.20. The second-order valence-corrected chi connectivity index (χ2v) is 6.21. The molecule has 0 aromatic heterocycles. The molecule has 1 unspecified atom stereocenters. The predicted molar refractivity (Wildman–Crippen MR) is 100 cm³/mol. The average molecular weight is 367 g/mol. The normalized spacial score (nSPS) is 18.7. The summed E-state index contributed by atoms with van der Waals surface area (Å²) >= 11 is 0. The minimum Gasteiger partial charge on any atom is -0.507 e. The number of rotatable bonds is 6. The summed E-state index contributed by atoms with van der Waals surface area (Å²) in [7, 11) is 1.55. The lowest BCUT2D eigenvalue weighted by atomic mass is 9.95. The number of Topliss-reactive ketones (excluding diaryl/α,β-unsaturated/α-hetero) is 1. The number of ether oxygens (including phenoxy) is 1. The van der Waals surface area contributed by atoms with Gasteiger partial charge in [-0.05, 0) is 24.1 Å². The third-order valence-electron chi connectivity index (χ3n) is 4.58. The van der Waals surface area contributed by atoms with Gasteiger partial charge in [0.25, 0.3) is 11.7 Å². The molecular weight excluding hydrogens is 346 g/mol. The van der Waals surface area contributed by atoms with Gasteiger partial charge < -0.3 is 19.8 Å². The van der Waals surface area contributed by atoms with Crippen LogP contribution in [0, 0.1) is 0 Å². The summed E-state index contributed by atoms with van der Waals surface area (Å²) in [5, 5.41) is 19.9. The van der Waals surface area contributed by atoms with Crippen molar-refractivity contribution in [3.05, 3.63) is 71.3 Å². The van der Waals surface area contributed by atoms with Crippen molar-refractivity contribution in [1.82, 2.24) is 4.90 Å². The molecule has 1 heterocycles. The van der Waals surface area contributed by atoms with E-state index >= 15 is 0 Å². The maximum absolute atomic E-state index is 12.7. The Balaban J connectivity index is 2.13. The van der Waals surface area contributed by atoms with E-state index in [1.165, 1.54) is 4.90 Å². The van der Waals surface area contributed by atoms with Gasteiger partial charge in [0.2, 0.25) is 0 Å². The van der Waals surface area contributed by atoms with Crippen molar-refractivity contribution < 1.29 is 24.5 Å². The largest absolute Gasteiger partial charge is 0.507 e. The highest BCUT2D eigenvalue weighted by Crippen LogP contribution is 2.39. The maximum Gasteiger partial charge on any atom is 0.295 e. The van der Waals surface area contributed by atoms with Gasteiger partial charge in [0.15, 0.2) is 0 Å². The Labute approximate surface area is 157 Å². The molecule has 0 aliphatic carbocycles. The number of likely N-dealkylation sites (tertiary alicyclic amines) is 1. The van der Waals surface area contributed by atoms with Crippen molar-refractivity contribution in [3.63, 3.8) is 0 Å². The molecule has 6 nitrogen and oxygen atoms in total. The highest BCUT2D eigenvalue weighted by atomic mass is 16.5. The van der Waals surface area contributed by atoms with Crippen LogP contribution >= 0.6 is 0 Å². The second kappa shape index (κ2) is 8.05. The van der Waals surface area contributed by atoms with E-state index in [0.717, 1.165) is 0 Å². The number of methoxy groups -OCH3 is 1. The molecule has 2 aromatic rings. The lowest BCUT2D eigenvalue weighted by Crippen LogP contribution is -2.31. The van der Waals surface area contributed by atoms with Gasteiger partial charge in [-0.2, -0.15) is 0 Å². The number of amides is 1. The number of carbonyl (C=O) groups is 2. The van der Waals surface area contributed by atoms with E-state index in [9.17, 15) is 14.7 Å². The van der Waals surface area contributed by atoms with Crippen LogP contribution in [-0.2, 0) is 9.59 Å². The minimum atomic E-state index is -0.727. The van der Waals surface area contributed by atoms with E-state index in [0.29, 0.717) is 23.3 Å². The van der Waals surface area contributed by atoms with Crippen molar-refractivity contribution in [3.8, 4) is 5.75 Å². The lowest BCUT2D eigenvalue weighted by Gasteiger charge is -2.25. The smallest absolute Gasteiger partial charge is 0.295 e. The molecule has 0 radical (unpaired) electrons. The molecular formula is C21H21NO5. The fraction of sp³-hybridized carbons (Fsp3) is 0.238. The Bertz CT molecular complexity index is 858. The number of aliphatic hydroxyl groups excluding tert-OH is 2. The van der Waals surface area contributed by atoms with Crippen molar-refractivity contribution in [2.45, 2.75) is 12.5 Å². The first-order valence-electron chi connectivity index (χ1n) is 8.67. The van der Waals surface area contributed by atoms with Gasteiger partial charge in [-0.25, -0.2) is 0 Å². The molecule has 2 aromatic carbocycles. The Morgan fingerprint density at radius 1 is 1.07 bits per heavy atom. The molecule has 1 saturated heterocycles. The van der Waals surface area contributed by atoms with Crippen LogP contribution in [-0.4, -0.2) is 47.1 Å². The van der Waals surface area contributed by atoms with E-state index in [1.807, 2.05) is 0 Å². The zero-order valence-corrected chi connectivity index (χ0v) is 15.0. The van der Waals surface area contributed by atoms with Crippen LogP contribution in [0.4, 0.5) is 0 Å². The molecule has 1 fully saturated rings. The third kappa shape index (κ3) is 3.57. The Kier molecular flexibility index (Phi) is 5.57. The molecule has 140 valence electrons. The van der Waals surface area contributed by atoms with Crippen molar-refractivity contribution >= 4 is 17.4 Å². The van der Waals surface area contributed by atoms with Gasteiger partial charge in [0, 0.05) is 18.7 Å². The van der Waals surface area contributed by atoms with Gasteiger partial charge in [-0.15, -0.1) is 0 Å². The summed E-state index contributed by atoms with van der Waals surface area (Å²) in [4.78, 5) is 26.7. The fourth-order valence-electron chi connectivity index (χ4n) is 3.24. The van der Waals surface area contributed by atoms with Crippen LogP contribution in [0.3, 0.4) is 0 Å². The number of nitrogens with zero attached hydrogens (tertiary/aromatic N) is 1. The number of hydrogen-bond donors (Lipinski definition) is 2. The van der Waals surface area contributed by atoms with Crippen LogP contribution in [0.2, 0.25) is 0 Å². The molecule has 1 atom stereocenters. The highest BCUT2D eigenvalue weighted by molar-refractivity contribution is 6.46. The standard InChI is InChI=1S/C21H21NO5/c1-27-16-10-8-14(9-11-16)18-17(19(24)15-6-3-2-4-7-15)20(25)21(26)22(18)12-5-13-23/h2-4,6-11,18,23-24H,5,12-13H2,1H3/b19-17+. The second-order valence-electron chi connectivity index (χ2n) is 6.21. The maximum atomic E-state index is 12.7. The summed E-state index contributed by atoms with van der Waals surface area (Å²) in [5.74, 6) is -0.966. The van der Waals surface area contributed by atoms with Gasteiger partial charge in [-0.3, -0.25) is 9.59 Å². The molecule has 1 aliphatic rings. The Morgan fingerprint density at radius 3 is 2.33 bits per heavy atom. The van der Waals surface area contributed by atoms with E-state index in [-0.39, 0.29) is 24.5 Å². The molecule has 0 saturated carbocycles. The first kappa shape index (κ1) is 18.7. The summed E-state index contributed by atoms with van der Waals surface area (Å²) < 4.78 is 5.17. The summed E-state index contributed by atoms with van der Waals surface area (Å²) in [6.07, 6.45) is 0.338. The first-order valence-corrected chi connectivity index (χ1v) is 8.67. The Morgan fingerprint density at radius 2 is 1.74 bits per heavy atom. The molecule has 6 heteroatoms. The van der Waals surface area contributed by atoms with Crippen molar-refractivity contribution in [2.75, 3.05) is 20.3 Å². The number of benzene rings is 2. The number of carbonyl (C=O) groups excluding carboxylic acids is 2. The van der Waals surface area contributed by atoms with E-state index in [4.69, 9.17) is 9.84 Å². The number of ketones is 1. The fourth-order valence-corrected chi connectivity index (χ4v) is 3.24. The molecule has 1 amide bonds. The zero-order chi connectivity index (χ0) is 19.4. The SMILES string of the molecule is COc1ccc(C2/C(=C(\O)c3ccccc3)C(=O)C(=O)N2CCCO)cc1. The Hall–Kier alpha value is -3.12. The quantitative estimate of drug-likeness (QED) is 0.465. The van der Waals surface area contributed by atoms with Crippen molar-refractivity contribution in [1.29, 1.82) is 0 Å². The van der Waals surface area contributed by atoms with Gasteiger partial charge in [0.1, 0.15) is 11.5 Å². The number of hydrogen-bond acceptors (Lipinski definition) is 5. The predicted octanol–water partition coefficient (Wildman–Crippen LogP) is 2.50. The van der Waals surface area contributed by atoms with Crippen LogP contribution in [0.5, 0.6) is 5.75 Å². The average Bonchev–Trinajstić information content (AvgIpc) is 2.97. The molecule has 2 N–H and O–H groups in total. The van der Waals surface area contributed by atoms with E-state index < -0.39 is 17.7 Å².